The molecule has 0 aliphatic carbocycles. The highest BCUT2D eigenvalue weighted by molar-refractivity contribution is 6.20. The first kappa shape index (κ1) is 49.9. The van der Waals surface area contributed by atoms with E-state index in [1.165, 1.54) is 77.0 Å². The van der Waals surface area contributed by atoms with E-state index in [9.17, 15) is 24.3 Å². The summed E-state index contributed by atoms with van der Waals surface area (Å²) in [7, 11) is 0. The number of aliphatic hydroxyl groups excluding tert-OH is 1. The number of hydrogen-bond donors (Lipinski definition) is 1. The Kier molecular flexibility index (Phi) is 30.5. The zero-order valence-electron chi connectivity index (χ0n) is 36.1. The normalized spacial score (nSPS) is 12.0. The van der Waals surface area contributed by atoms with Gasteiger partial charge in [0.25, 0.3) is 0 Å². The smallest absolute Gasteiger partial charge is 0.164 e. The standard InChI is InChI=1S/C49H84O5/c1-6-10-14-18-22-26-30-34-43(51)42-38-41(40(5)39-50)47(44(52)35-31-27-23-19-15-11-7-2)49(46(54)37-33-29-25-21-17-13-9-4)48(42)45(53)36-32-28-24-20-16-12-8-3/h38,40,50H,6-37,39H2,1-5H3. The van der Waals surface area contributed by atoms with Crippen molar-refractivity contribution in [2.75, 3.05) is 6.61 Å². The summed E-state index contributed by atoms with van der Waals surface area (Å²) in [5.41, 5.74) is 1.58. The number of rotatable bonds is 38. The highest BCUT2D eigenvalue weighted by Crippen LogP contribution is 2.34. The zero-order valence-corrected chi connectivity index (χ0v) is 36.1. The molecule has 5 nitrogen and oxygen atoms in total. The molecule has 0 saturated heterocycles. The highest BCUT2D eigenvalue weighted by Gasteiger charge is 2.32. The molecule has 0 aliphatic rings. The molecule has 0 fully saturated rings. The van der Waals surface area contributed by atoms with Crippen LogP contribution in [0.4, 0.5) is 0 Å². The van der Waals surface area contributed by atoms with Crippen molar-refractivity contribution in [2.45, 2.75) is 246 Å². The Morgan fingerprint density at radius 1 is 0.407 bits per heavy atom. The van der Waals surface area contributed by atoms with Gasteiger partial charge in [0, 0.05) is 60.5 Å². The molecular formula is C49H84O5. The predicted molar refractivity (Wildman–Crippen MR) is 230 cm³/mol. The minimum absolute atomic E-state index is 0.117. The molecule has 1 N–H and O–H groups in total. The molecule has 0 amide bonds. The van der Waals surface area contributed by atoms with Crippen molar-refractivity contribution in [1.29, 1.82) is 0 Å². The average Bonchev–Trinajstić information content (AvgIpc) is 3.17. The van der Waals surface area contributed by atoms with Gasteiger partial charge in [0.15, 0.2) is 23.1 Å². The Morgan fingerprint density at radius 3 is 1.02 bits per heavy atom. The number of carbonyl (C=O) groups excluding carboxylic acids is 4. The van der Waals surface area contributed by atoms with Crippen LogP contribution in [0, 0.1) is 0 Å². The lowest BCUT2D eigenvalue weighted by atomic mass is 9.78. The minimum atomic E-state index is -0.444. The van der Waals surface area contributed by atoms with Gasteiger partial charge in [-0.2, -0.15) is 0 Å². The van der Waals surface area contributed by atoms with Crippen LogP contribution < -0.4 is 0 Å². The lowest BCUT2D eigenvalue weighted by Gasteiger charge is -2.23. The molecule has 0 aromatic heterocycles. The Bertz CT molecular complexity index is 1170. The molecule has 0 bridgehead atoms. The fraction of sp³-hybridized carbons (Fsp3) is 0.796. The van der Waals surface area contributed by atoms with E-state index >= 15 is 0 Å². The van der Waals surface area contributed by atoms with Gasteiger partial charge in [-0.15, -0.1) is 0 Å². The molecule has 1 aromatic carbocycles. The third-order valence-corrected chi connectivity index (χ3v) is 11.3. The Labute approximate surface area is 333 Å². The Hall–Kier alpha value is -2.14. The monoisotopic (exact) mass is 753 g/mol. The van der Waals surface area contributed by atoms with Gasteiger partial charge in [-0.1, -0.05) is 189 Å². The molecule has 0 saturated carbocycles. The van der Waals surface area contributed by atoms with E-state index in [1.54, 1.807) is 6.07 Å². The summed E-state index contributed by atoms with van der Waals surface area (Å²) in [6.07, 6.45) is 31.1. The van der Waals surface area contributed by atoms with Crippen LogP contribution in [0.15, 0.2) is 6.07 Å². The summed E-state index contributed by atoms with van der Waals surface area (Å²) in [4.78, 5) is 57.5. The fourth-order valence-electron chi connectivity index (χ4n) is 7.76. The van der Waals surface area contributed by atoms with E-state index in [0.717, 1.165) is 89.9 Å². The maximum atomic E-state index is 14.5. The molecule has 54 heavy (non-hydrogen) atoms. The van der Waals surface area contributed by atoms with Gasteiger partial charge in [-0.25, -0.2) is 0 Å². The second-order valence-corrected chi connectivity index (χ2v) is 16.4. The summed E-state index contributed by atoms with van der Waals surface area (Å²) < 4.78 is 0. The first-order valence-corrected chi connectivity index (χ1v) is 23.2. The molecule has 0 aliphatic heterocycles. The first-order chi connectivity index (χ1) is 26.3. The number of ketones is 4. The third-order valence-electron chi connectivity index (χ3n) is 11.3. The van der Waals surface area contributed by atoms with Gasteiger partial charge >= 0.3 is 0 Å². The Morgan fingerprint density at radius 2 is 0.685 bits per heavy atom. The molecule has 1 unspecified atom stereocenters. The summed E-state index contributed by atoms with van der Waals surface area (Å²) in [6.45, 7) is 10.5. The molecule has 310 valence electrons. The predicted octanol–water partition coefficient (Wildman–Crippen LogP) is 15.1. The molecule has 1 aromatic rings. The van der Waals surface area contributed by atoms with Crippen molar-refractivity contribution >= 4 is 23.1 Å². The average molecular weight is 753 g/mol. The van der Waals surface area contributed by atoms with Gasteiger partial charge < -0.3 is 5.11 Å². The van der Waals surface area contributed by atoms with Crippen LogP contribution in [0.5, 0.6) is 0 Å². The molecule has 5 heteroatoms. The van der Waals surface area contributed by atoms with Gasteiger partial charge in [0.2, 0.25) is 0 Å². The van der Waals surface area contributed by atoms with E-state index in [2.05, 4.69) is 27.7 Å². The quantitative estimate of drug-likeness (QED) is 0.0537. The van der Waals surface area contributed by atoms with Gasteiger partial charge in [0.1, 0.15) is 0 Å². The molecule has 1 rings (SSSR count). The van der Waals surface area contributed by atoms with Crippen LogP contribution in [-0.4, -0.2) is 34.8 Å². The zero-order chi connectivity index (χ0) is 39.8. The largest absolute Gasteiger partial charge is 0.396 e. The van der Waals surface area contributed by atoms with E-state index < -0.39 is 5.92 Å². The van der Waals surface area contributed by atoms with E-state index in [4.69, 9.17) is 0 Å². The summed E-state index contributed by atoms with van der Waals surface area (Å²) in [5.74, 6) is -1.05. The van der Waals surface area contributed by atoms with Crippen molar-refractivity contribution in [3.05, 3.63) is 33.9 Å². The number of carbonyl (C=O) groups is 4. The van der Waals surface area contributed by atoms with E-state index in [-0.39, 0.29) is 53.7 Å². The Balaban J connectivity index is 3.61. The fourth-order valence-corrected chi connectivity index (χ4v) is 7.76. The van der Waals surface area contributed by atoms with Crippen LogP contribution in [0.2, 0.25) is 0 Å². The van der Waals surface area contributed by atoms with Crippen molar-refractivity contribution in [3.63, 3.8) is 0 Å². The number of aliphatic hydroxyl groups is 1. The van der Waals surface area contributed by atoms with Crippen molar-refractivity contribution in [2.24, 2.45) is 0 Å². The topological polar surface area (TPSA) is 88.5 Å². The minimum Gasteiger partial charge on any atom is -0.396 e. The molecule has 0 radical (unpaired) electrons. The second-order valence-electron chi connectivity index (χ2n) is 16.4. The third kappa shape index (κ3) is 20.7. The van der Waals surface area contributed by atoms with Crippen molar-refractivity contribution in [3.8, 4) is 0 Å². The summed E-state index contributed by atoms with van der Waals surface area (Å²) in [5, 5.41) is 10.4. The number of Topliss-reactive ketones (excluding diaryl/α,β-unsaturated/α-hetero) is 4. The van der Waals surface area contributed by atoms with Crippen LogP contribution in [0.1, 0.15) is 293 Å². The molecular weight excluding hydrogens is 669 g/mol. The highest BCUT2D eigenvalue weighted by atomic mass is 16.3. The van der Waals surface area contributed by atoms with Gasteiger partial charge in [-0.05, 0) is 37.3 Å². The summed E-state index contributed by atoms with van der Waals surface area (Å²) >= 11 is 0. The van der Waals surface area contributed by atoms with Gasteiger partial charge in [-0.3, -0.25) is 19.2 Å². The van der Waals surface area contributed by atoms with Gasteiger partial charge in [0.05, 0.1) is 0 Å². The molecule has 1 atom stereocenters. The SMILES string of the molecule is CCCCCCCCCC(=O)c1cc(C(C)CO)c(C(=O)CCCCCCCCC)c(C(=O)CCCCCCCCC)c1C(=O)CCCCCCCCC. The lowest BCUT2D eigenvalue weighted by Crippen LogP contribution is -2.23. The first-order valence-electron chi connectivity index (χ1n) is 23.2. The second kappa shape index (κ2) is 33.0. The maximum absolute atomic E-state index is 14.5. The number of unbranched alkanes of at least 4 members (excludes halogenated alkanes) is 24. The van der Waals surface area contributed by atoms with Crippen LogP contribution in [0.25, 0.3) is 0 Å². The van der Waals surface area contributed by atoms with Crippen LogP contribution in [0.3, 0.4) is 0 Å². The summed E-state index contributed by atoms with van der Waals surface area (Å²) in [6, 6.07) is 1.74. The van der Waals surface area contributed by atoms with Crippen LogP contribution >= 0.6 is 0 Å². The molecule has 0 spiro atoms. The van der Waals surface area contributed by atoms with E-state index in [0.29, 0.717) is 42.4 Å². The lowest BCUT2D eigenvalue weighted by molar-refractivity contribution is 0.0921. The van der Waals surface area contributed by atoms with Crippen molar-refractivity contribution in [1.82, 2.24) is 0 Å². The maximum Gasteiger partial charge on any atom is 0.164 e. The number of benzene rings is 1. The van der Waals surface area contributed by atoms with Crippen LogP contribution in [-0.2, 0) is 0 Å². The van der Waals surface area contributed by atoms with Crippen molar-refractivity contribution < 1.29 is 24.3 Å². The number of hydrogen-bond acceptors (Lipinski definition) is 5. The molecule has 0 heterocycles. The van der Waals surface area contributed by atoms with E-state index in [1.807, 2.05) is 6.92 Å².